The van der Waals surface area contributed by atoms with E-state index in [-0.39, 0.29) is 12.2 Å². The minimum Gasteiger partial charge on any atom is -0.494 e. The first-order valence-corrected chi connectivity index (χ1v) is 8.81. The Morgan fingerprint density at radius 2 is 1.93 bits per heavy atom. The molecule has 0 radical (unpaired) electrons. The van der Waals surface area contributed by atoms with Gasteiger partial charge in [-0.15, -0.1) is 0 Å². The lowest BCUT2D eigenvalue weighted by atomic mass is 9.97. The summed E-state index contributed by atoms with van der Waals surface area (Å²) in [6.45, 7) is 3.76. The molecular formula is C21H24FNO4. The molecule has 0 aromatic heterocycles. The van der Waals surface area contributed by atoms with Crippen LogP contribution in [0.5, 0.6) is 5.75 Å². The van der Waals surface area contributed by atoms with Crippen molar-refractivity contribution in [1.82, 2.24) is 0 Å². The topological polar surface area (TPSA) is 64.6 Å². The van der Waals surface area contributed by atoms with Crippen LogP contribution in [0.3, 0.4) is 0 Å². The second-order valence-electron chi connectivity index (χ2n) is 6.25. The van der Waals surface area contributed by atoms with Crippen molar-refractivity contribution in [1.29, 1.82) is 0 Å². The molecule has 0 unspecified atom stereocenters. The fourth-order valence-electron chi connectivity index (χ4n) is 2.63. The van der Waals surface area contributed by atoms with Crippen LogP contribution in [0.2, 0.25) is 0 Å². The Labute approximate surface area is 158 Å². The number of carbonyl (C=O) groups is 2. The minimum absolute atomic E-state index is 0.103. The average molecular weight is 373 g/mol. The third-order valence-electron chi connectivity index (χ3n) is 4.31. The van der Waals surface area contributed by atoms with Crippen molar-refractivity contribution in [3.8, 4) is 5.75 Å². The molecule has 1 amide bonds. The highest BCUT2D eigenvalue weighted by atomic mass is 19.1. The van der Waals surface area contributed by atoms with Crippen molar-refractivity contribution < 1.29 is 23.5 Å². The Kier molecular flexibility index (Phi) is 7.34. The van der Waals surface area contributed by atoms with E-state index in [0.29, 0.717) is 17.2 Å². The molecule has 1 atom stereocenters. The monoisotopic (exact) mass is 373 g/mol. The number of hydrogen-bond donors (Lipinski definition) is 1. The maximum atomic E-state index is 13.6. The predicted octanol–water partition coefficient (Wildman–Crippen LogP) is 4.07. The van der Waals surface area contributed by atoms with E-state index in [1.807, 2.05) is 24.3 Å². The number of anilines is 1. The van der Waals surface area contributed by atoms with Crippen LogP contribution in [0.25, 0.3) is 0 Å². The van der Waals surface area contributed by atoms with Gasteiger partial charge in [-0.2, -0.15) is 0 Å². The molecule has 0 heterocycles. The molecule has 2 rings (SSSR count). The second kappa shape index (κ2) is 9.71. The first-order valence-electron chi connectivity index (χ1n) is 8.81. The number of benzene rings is 2. The van der Waals surface area contributed by atoms with Gasteiger partial charge in [0.2, 0.25) is 0 Å². The standard InChI is InChI=1S/C21H24FNO4/c1-4-14(2)16-7-5-6-8-18(16)23-20(24)13-27-21(25)12-15-9-10-19(26-3)17(22)11-15/h5-11,14H,4,12-13H2,1-3H3,(H,23,24)/t14-/m1/s1. The summed E-state index contributed by atoms with van der Waals surface area (Å²) in [5.74, 6) is -1.17. The number of amides is 1. The van der Waals surface area contributed by atoms with Crippen molar-refractivity contribution in [3.63, 3.8) is 0 Å². The molecule has 2 aromatic rings. The summed E-state index contributed by atoms with van der Waals surface area (Å²) < 4.78 is 23.5. The van der Waals surface area contributed by atoms with Gasteiger partial charge in [-0.1, -0.05) is 38.1 Å². The van der Waals surface area contributed by atoms with Crippen LogP contribution >= 0.6 is 0 Å². The molecule has 0 bridgehead atoms. The van der Waals surface area contributed by atoms with E-state index < -0.39 is 24.3 Å². The molecular weight excluding hydrogens is 349 g/mol. The highest BCUT2D eigenvalue weighted by Gasteiger charge is 2.13. The number of nitrogens with one attached hydrogen (secondary N) is 1. The van der Waals surface area contributed by atoms with Crippen LogP contribution in [0.4, 0.5) is 10.1 Å². The summed E-state index contributed by atoms with van der Waals surface area (Å²) in [7, 11) is 1.37. The Morgan fingerprint density at radius 1 is 1.19 bits per heavy atom. The van der Waals surface area contributed by atoms with E-state index in [1.165, 1.54) is 19.2 Å². The van der Waals surface area contributed by atoms with Crippen molar-refractivity contribution >= 4 is 17.6 Å². The van der Waals surface area contributed by atoms with Crippen LogP contribution in [-0.2, 0) is 20.7 Å². The molecule has 27 heavy (non-hydrogen) atoms. The van der Waals surface area contributed by atoms with Gasteiger partial charge in [0.05, 0.1) is 13.5 Å². The van der Waals surface area contributed by atoms with E-state index in [0.717, 1.165) is 12.0 Å². The van der Waals surface area contributed by atoms with Gasteiger partial charge in [0.25, 0.3) is 5.91 Å². The minimum atomic E-state index is -0.607. The first kappa shape index (κ1) is 20.4. The summed E-state index contributed by atoms with van der Waals surface area (Å²) in [5.41, 5.74) is 2.19. The lowest BCUT2D eigenvalue weighted by Gasteiger charge is -2.15. The molecule has 6 heteroatoms. The molecule has 0 saturated carbocycles. The van der Waals surface area contributed by atoms with Crippen molar-refractivity contribution in [3.05, 3.63) is 59.4 Å². The number of carbonyl (C=O) groups excluding carboxylic acids is 2. The molecule has 0 saturated heterocycles. The van der Waals surface area contributed by atoms with Crippen LogP contribution in [-0.4, -0.2) is 25.6 Å². The summed E-state index contributed by atoms with van der Waals surface area (Å²) in [6, 6.07) is 11.8. The van der Waals surface area contributed by atoms with Gasteiger partial charge in [-0.05, 0) is 41.7 Å². The number of methoxy groups -OCH3 is 1. The lowest BCUT2D eigenvalue weighted by molar-refractivity contribution is -0.146. The third kappa shape index (κ3) is 5.81. The maximum Gasteiger partial charge on any atom is 0.310 e. The summed E-state index contributed by atoms with van der Waals surface area (Å²) >= 11 is 0. The van der Waals surface area contributed by atoms with Crippen molar-refractivity contribution in [2.24, 2.45) is 0 Å². The number of hydrogen-bond acceptors (Lipinski definition) is 4. The zero-order chi connectivity index (χ0) is 19.8. The van der Waals surface area contributed by atoms with Crippen LogP contribution < -0.4 is 10.1 Å². The van der Waals surface area contributed by atoms with Gasteiger partial charge >= 0.3 is 5.97 Å². The first-order chi connectivity index (χ1) is 12.9. The zero-order valence-electron chi connectivity index (χ0n) is 15.8. The SMILES string of the molecule is CC[C@@H](C)c1ccccc1NC(=O)COC(=O)Cc1ccc(OC)c(F)c1. The number of rotatable bonds is 8. The molecule has 0 aliphatic carbocycles. The fraction of sp³-hybridized carbons (Fsp3) is 0.333. The van der Waals surface area contributed by atoms with E-state index >= 15 is 0 Å². The highest BCUT2D eigenvalue weighted by Crippen LogP contribution is 2.26. The molecule has 1 N–H and O–H groups in total. The third-order valence-corrected chi connectivity index (χ3v) is 4.31. The maximum absolute atomic E-state index is 13.6. The van der Waals surface area contributed by atoms with E-state index in [9.17, 15) is 14.0 Å². The number of para-hydroxylation sites is 1. The molecule has 0 spiro atoms. The van der Waals surface area contributed by atoms with E-state index in [4.69, 9.17) is 9.47 Å². The number of halogens is 1. The Balaban J connectivity index is 1.89. The Morgan fingerprint density at radius 3 is 2.59 bits per heavy atom. The summed E-state index contributed by atoms with van der Waals surface area (Å²) in [6.07, 6.45) is 0.817. The number of esters is 1. The Hall–Kier alpha value is -2.89. The van der Waals surface area contributed by atoms with Gasteiger partial charge in [-0.3, -0.25) is 9.59 Å². The predicted molar refractivity (Wildman–Crippen MR) is 101 cm³/mol. The van der Waals surface area contributed by atoms with Crippen LogP contribution in [0.1, 0.15) is 37.3 Å². The molecule has 0 aliphatic rings. The average Bonchev–Trinajstić information content (AvgIpc) is 2.66. The highest BCUT2D eigenvalue weighted by molar-refractivity contribution is 5.93. The molecule has 0 fully saturated rings. The van der Waals surface area contributed by atoms with Gasteiger partial charge in [0.15, 0.2) is 18.2 Å². The molecule has 5 nitrogen and oxygen atoms in total. The second-order valence-corrected chi connectivity index (χ2v) is 6.25. The number of ether oxygens (including phenoxy) is 2. The zero-order valence-corrected chi connectivity index (χ0v) is 15.8. The van der Waals surface area contributed by atoms with Gasteiger partial charge in [0.1, 0.15) is 0 Å². The quantitative estimate of drug-likeness (QED) is 0.709. The van der Waals surface area contributed by atoms with Crippen LogP contribution in [0.15, 0.2) is 42.5 Å². The van der Waals surface area contributed by atoms with Crippen molar-refractivity contribution in [2.45, 2.75) is 32.6 Å². The summed E-state index contributed by atoms with van der Waals surface area (Å²) in [4.78, 5) is 24.0. The van der Waals surface area contributed by atoms with Gasteiger partial charge < -0.3 is 14.8 Å². The normalized spacial score (nSPS) is 11.6. The summed E-state index contributed by atoms with van der Waals surface area (Å²) in [5, 5.41) is 2.78. The van der Waals surface area contributed by atoms with Gasteiger partial charge in [0, 0.05) is 5.69 Å². The molecule has 0 aliphatic heterocycles. The van der Waals surface area contributed by atoms with Crippen molar-refractivity contribution in [2.75, 3.05) is 19.0 Å². The largest absolute Gasteiger partial charge is 0.494 e. The molecule has 2 aromatic carbocycles. The Bertz CT molecular complexity index is 807. The van der Waals surface area contributed by atoms with Crippen LogP contribution in [0, 0.1) is 5.82 Å². The molecule has 144 valence electrons. The smallest absolute Gasteiger partial charge is 0.310 e. The van der Waals surface area contributed by atoms with Gasteiger partial charge in [-0.25, -0.2) is 4.39 Å². The lowest BCUT2D eigenvalue weighted by Crippen LogP contribution is -2.22. The van der Waals surface area contributed by atoms with E-state index in [1.54, 1.807) is 6.07 Å². The fourth-order valence-corrected chi connectivity index (χ4v) is 2.63. The van der Waals surface area contributed by atoms with E-state index in [2.05, 4.69) is 19.2 Å².